The van der Waals surface area contributed by atoms with Crippen LogP contribution in [0.1, 0.15) is 38.8 Å². The average molecular weight is 571 g/mol. The quantitative estimate of drug-likeness (QED) is 0.289. The van der Waals surface area contributed by atoms with E-state index in [2.05, 4.69) is 5.32 Å². The van der Waals surface area contributed by atoms with E-state index >= 15 is 4.79 Å². The number of nitrogens with zero attached hydrogens (tertiary/aromatic N) is 1. The van der Waals surface area contributed by atoms with E-state index in [1.165, 1.54) is 14.2 Å². The molecule has 1 amide bonds. The molecule has 1 N–H and O–H groups in total. The number of allylic oxidation sites excluding steroid dienone is 1. The molecule has 0 bridgehead atoms. The van der Waals surface area contributed by atoms with Crippen LogP contribution in [0, 0.1) is 5.92 Å². The third-order valence-electron chi connectivity index (χ3n) is 9.17. The molecule has 3 aliphatic heterocycles. The third kappa shape index (κ3) is 3.70. The van der Waals surface area contributed by atoms with E-state index in [4.69, 9.17) is 9.47 Å². The summed E-state index contributed by atoms with van der Waals surface area (Å²) in [5.74, 6) is -1.20. The minimum Gasteiger partial charge on any atom is -0.497 e. The number of hydrogen-bond acceptors (Lipinski definition) is 6. The first-order valence-corrected chi connectivity index (χ1v) is 14.2. The summed E-state index contributed by atoms with van der Waals surface area (Å²) in [6.07, 6.45) is 2.05. The normalized spacial score (nSPS) is 23.1. The number of amides is 1. The Hall–Kier alpha value is -5.17. The Balaban J connectivity index is 1.57. The molecule has 0 radical (unpaired) electrons. The molecule has 0 saturated carbocycles. The van der Waals surface area contributed by atoms with Crippen LogP contribution < -0.4 is 19.7 Å². The maximum atomic E-state index is 15.2. The number of ether oxygens (including phenoxy) is 2. The van der Waals surface area contributed by atoms with E-state index in [-0.39, 0.29) is 23.0 Å². The molecule has 4 aromatic carbocycles. The molecular formula is C36H30N2O5. The highest BCUT2D eigenvalue weighted by Crippen LogP contribution is 2.59. The molecule has 1 saturated heterocycles. The number of fused-ring (bicyclic) bond motifs is 6. The van der Waals surface area contributed by atoms with Crippen molar-refractivity contribution in [3.05, 3.63) is 125 Å². The number of benzene rings is 4. The number of rotatable bonds is 6. The van der Waals surface area contributed by atoms with Crippen LogP contribution in [0.15, 0.2) is 103 Å². The minimum atomic E-state index is -1.41. The molecule has 4 aromatic rings. The summed E-state index contributed by atoms with van der Waals surface area (Å²) in [5, 5.41) is 3.07. The van der Waals surface area contributed by atoms with Crippen molar-refractivity contribution in [2.75, 3.05) is 24.4 Å². The van der Waals surface area contributed by atoms with Gasteiger partial charge in [0.25, 0.3) is 0 Å². The molecule has 3 aliphatic rings. The van der Waals surface area contributed by atoms with Crippen LogP contribution in [0.5, 0.6) is 11.5 Å². The first-order chi connectivity index (χ1) is 20.9. The van der Waals surface area contributed by atoms with Crippen LogP contribution in [0.25, 0.3) is 5.57 Å². The molecule has 1 spiro atoms. The predicted molar refractivity (Wildman–Crippen MR) is 165 cm³/mol. The lowest BCUT2D eigenvalue weighted by atomic mass is 9.63. The van der Waals surface area contributed by atoms with Gasteiger partial charge in [0, 0.05) is 22.5 Å². The second kappa shape index (κ2) is 9.98. The van der Waals surface area contributed by atoms with E-state index in [0.717, 1.165) is 16.8 Å². The smallest absolute Gasteiger partial charge is 0.238 e. The zero-order chi connectivity index (χ0) is 29.9. The van der Waals surface area contributed by atoms with Crippen LogP contribution >= 0.6 is 0 Å². The highest BCUT2D eigenvalue weighted by Gasteiger charge is 2.70. The molecule has 3 heterocycles. The second-order valence-electron chi connectivity index (χ2n) is 11.2. The van der Waals surface area contributed by atoms with Gasteiger partial charge in [-0.3, -0.25) is 14.4 Å². The molecule has 7 heteroatoms. The Labute approximate surface area is 249 Å². The highest BCUT2D eigenvalue weighted by atomic mass is 16.5. The number of anilines is 2. The summed E-state index contributed by atoms with van der Waals surface area (Å²) in [6.45, 7) is 2.01. The number of hydrogen-bond donors (Lipinski definition) is 1. The van der Waals surface area contributed by atoms with Gasteiger partial charge in [-0.1, -0.05) is 72.8 Å². The number of carbonyl (C=O) groups excluding carboxylic acids is 3. The standard InChI is InChI=1S/C36H30N2O5/c1-21-19-30-36(26-14-8-9-15-27(26)37-35(36)41)31(34(40)25-20-23(42-2)17-18-29(25)43-3)32(33(39)22-11-5-4-6-12-22)38(30)28-16-10-7-13-24(21)28/h4-20,30-32H,1-3H3,(H,37,41)/t30-,31-,32-,36-/m0/s1. The summed E-state index contributed by atoms with van der Waals surface area (Å²) in [4.78, 5) is 46.5. The number of carbonyl (C=O) groups is 3. The van der Waals surface area contributed by atoms with Gasteiger partial charge in [0.15, 0.2) is 11.6 Å². The zero-order valence-electron chi connectivity index (χ0n) is 24.0. The summed E-state index contributed by atoms with van der Waals surface area (Å²) < 4.78 is 11.1. The Morgan fingerprint density at radius 1 is 0.837 bits per heavy atom. The van der Waals surface area contributed by atoms with Crippen molar-refractivity contribution in [3.63, 3.8) is 0 Å². The topological polar surface area (TPSA) is 84.9 Å². The summed E-state index contributed by atoms with van der Waals surface area (Å²) in [7, 11) is 3.03. The first-order valence-electron chi connectivity index (χ1n) is 14.2. The summed E-state index contributed by atoms with van der Waals surface area (Å²) in [6, 6.07) is 27.7. The number of methoxy groups -OCH3 is 2. The number of ketones is 2. The van der Waals surface area contributed by atoms with Gasteiger partial charge in [0.1, 0.15) is 23.0 Å². The van der Waals surface area contributed by atoms with Gasteiger partial charge in [-0.05, 0) is 48.4 Å². The number of para-hydroxylation sites is 2. The first kappa shape index (κ1) is 26.7. The van der Waals surface area contributed by atoms with Gasteiger partial charge >= 0.3 is 0 Å². The molecule has 214 valence electrons. The van der Waals surface area contributed by atoms with Crippen molar-refractivity contribution in [2.45, 2.75) is 24.4 Å². The van der Waals surface area contributed by atoms with E-state index < -0.39 is 23.4 Å². The molecule has 0 unspecified atom stereocenters. The minimum absolute atomic E-state index is 0.234. The molecule has 1 fully saturated rings. The lowest BCUT2D eigenvalue weighted by Crippen LogP contribution is -2.51. The fourth-order valence-corrected chi connectivity index (χ4v) is 7.33. The summed E-state index contributed by atoms with van der Waals surface area (Å²) in [5.41, 5.74) is 3.39. The van der Waals surface area contributed by atoms with Crippen molar-refractivity contribution in [2.24, 2.45) is 5.92 Å². The largest absolute Gasteiger partial charge is 0.497 e. The van der Waals surface area contributed by atoms with Crippen molar-refractivity contribution >= 4 is 34.4 Å². The van der Waals surface area contributed by atoms with Gasteiger partial charge in [-0.15, -0.1) is 0 Å². The van der Waals surface area contributed by atoms with Crippen LogP contribution in [0.3, 0.4) is 0 Å². The van der Waals surface area contributed by atoms with E-state index in [1.807, 2.05) is 84.6 Å². The van der Waals surface area contributed by atoms with Crippen LogP contribution in [-0.2, 0) is 10.2 Å². The molecule has 0 aromatic heterocycles. The molecule has 7 rings (SSSR count). The van der Waals surface area contributed by atoms with Crippen molar-refractivity contribution in [3.8, 4) is 11.5 Å². The zero-order valence-corrected chi connectivity index (χ0v) is 24.0. The van der Waals surface area contributed by atoms with Crippen LogP contribution in [0.2, 0.25) is 0 Å². The maximum Gasteiger partial charge on any atom is 0.238 e. The number of nitrogens with one attached hydrogen (secondary N) is 1. The monoisotopic (exact) mass is 570 g/mol. The lowest BCUT2D eigenvalue weighted by Gasteiger charge is -2.39. The van der Waals surface area contributed by atoms with E-state index in [9.17, 15) is 9.59 Å². The van der Waals surface area contributed by atoms with Crippen molar-refractivity contribution < 1.29 is 23.9 Å². The van der Waals surface area contributed by atoms with Crippen molar-refractivity contribution in [1.82, 2.24) is 0 Å². The highest BCUT2D eigenvalue weighted by molar-refractivity contribution is 6.19. The second-order valence-corrected chi connectivity index (χ2v) is 11.2. The van der Waals surface area contributed by atoms with Gasteiger partial charge in [0.05, 0.1) is 31.7 Å². The molecule has 7 nitrogen and oxygen atoms in total. The Kier molecular flexibility index (Phi) is 6.20. The number of Topliss-reactive ketones (excluding diaryl/α,β-unsaturated/α-hetero) is 2. The molecule has 0 aliphatic carbocycles. The van der Waals surface area contributed by atoms with E-state index in [1.54, 1.807) is 30.3 Å². The molecule has 43 heavy (non-hydrogen) atoms. The third-order valence-corrected chi connectivity index (χ3v) is 9.17. The van der Waals surface area contributed by atoms with Crippen molar-refractivity contribution in [1.29, 1.82) is 0 Å². The molecular weight excluding hydrogens is 540 g/mol. The SMILES string of the molecule is COc1ccc(OC)c(C(=O)[C@@H]2[C@@H](C(=O)c3ccccc3)N3c4ccccc4C(C)=C[C@H]3[C@]23C(=O)Nc2ccccc23)c1. The van der Waals surface area contributed by atoms with Gasteiger partial charge in [-0.2, -0.15) is 0 Å². The Morgan fingerprint density at radius 2 is 1.56 bits per heavy atom. The fourth-order valence-electron chi connectivity index (χ4n) is 7.33. The van der Waals surface area contributed by atoms with Crippen LogP contribution in [0.4, 0.5) is 11.4 Å². The van der Waals surface area contributed by atoms with Gasteiger partial charge < -0.3 is 19.7 Å². The van der Waals surface area contributed by atoms with Gasteiger partial charge in [0.2, 0.25) is 5.91 Å². The van der Waals surface area contributed by atoms with Crippen LogP contribution in [-0.4, -0.2) is 43.8 Å². The predicted octanol–water partition coefficient (Wildman–Crippen LogP) is 5.95. The maximum absolute atomic E-state index is 15.2. The van der Waals surface area contributed by atoms with Gasteiger partial charge in [-0.25, -0.2) is 0 Å². The fraction of sp³-hybridized carbons (Fsp3) is 0.194. The molecule has 4 atom stereocenters. The summed E-state index contributed by atoms with van der Waals surface area (Å²) >= 11 is 0. The Morgan fingerprint density at radius 3 is 2.33 bits per heavy atom. The van der Waals surface area contributed by atoms with E-state index in [0.29, 0.717) is 28.3 Å². The average Bonchev–Trinajstić information content (AvgIpc) is 3.52. The lowest BCUT2D eigenvalue weighted by molar-refractivity contribution is -0.121. The Bertz CT molecular complexity index is 1830.